The van der Waals surface area contributed by atoms with Crippen LogP contribution in [0.4, 0.5) is 0 Å². The monoisotopic (exact) mass is 542 g/mol. The molecule has 0 saturated heterocycles. The van der Waals surface area contributed by atoms with Gasteiger partial charge in [0.25, 0.3) is 0 Å². The molecule has 2 N–H and O–H groups in total. The molecule has 31 heavy (non-hydrogen) atoms. The van der Waals surface area contributed by atoms with Crippen LogP contribution >= 0.6 is 24.0 Å². The van der Waals surface area contributed by atoms with Crippen molar-refractivity contribution in [2.75, 3.05) is 48.5 Å². The van der Waals surface area contributed by atoms with E-state index < -0.39 is 0 Å². The van der Waals surface area contributed by atoms with E-state index in [0.29, 0.717) is 24.6 Å². The lowest BCUT2D eigenvalue weighted by Gasteiger charge is -2.26. The molecule has 0 radical (unpaired) electrons. The number of ether oxygens (including phenoxy) is 3. The van der Waals surface area contributed by atoms with E-state index in [4.69, 9.17) is 19.2 Å². The average molecular weight is 542 g/mol. The van der Waals surface area contributed by atoms with Gasteiger partial charge in [-0.2, -0.15) is 0 Å². The lowest BCUT2D eigenvalue weighted by molar-refractivity contribution is 0.297. The summed E-state index contributed by atoms with van der Waals surface area (Å²) in [6, 6.07) is 14.2. The summed E-state index contributed by atoms with van der Waals surface area (Å²) in [4.78, 5) is 6.91. The van der Waals surface area contributed by atoms with Gasteiger partial charge in [-0.15, -0.1) is 24.0 Å². The first-order valence-corrected chi connectivity index (χ1v) is 10.1. The number of hydrogen-bond donors (Lipinski definition) is 2. The Hall–Kier alpha value is -2.20. The maximum Gasteiger partial charge on any atom is 0.191 e. The van der Waals surface area contributed by atoms with E-state index in [9.17, 15) is 0 Å². The minimum atomic E-state index is 0. The van der Waals surface area contributed by atoms with Crippen LogP contribution in [0.1, 0.15) is 24.1 Å². The lowest BCUT2D eigenvalue weighted by Crippen LogP contribution is -2.41. The molecule has 0 spiro atoms. The molecule has 0 aliphatic heterocycles. The Morgan fingerprint density at radius 2 is 1.71 bits per heavy atom. The molecule has 8 heteroatoms. The quantitative estimate of drug-likeness (QED) is 0.271. The third-order valence-corrected chi connectivity index (χ3v) is 4.78. The average Bonchev–Trinajstić information content (AvgIpc) is 2.77. The maximum atomic E-state index is 5.38. The van der Waals surface area contributed by atoms with Gasteiger partial charge in [-0.25, -0.2) is 4.99 Å². The molecule has 7 nitrogen and oxygen atoms in total. The van der Waals surface area contributed by atoms with Crippen molar-refractivity contribution in [1.82, 2.24) is 15.5 Å². The van der Waals surface area contributed by atoms with Crippen LogP contribution in [0.5, 0.6) is 17.2 Å². The molecule has 0 heterocycles. The SMILES string of the molecule is CCNC(=NCc1ccc(OC)c(OC)c1)NCC(c1cccc(OC)c1)N(C)C.I. The summed E-state index contributed by atoms with van der Waals surface area (Å²) in [5.74, 6) is 3.03. The number of methoxy groups -OCH3 is 3. The summed E-state index contributed by atoms with van der Waals surface area (Å²) in [6.07, 6.45) is 0. The van der Waals surface area contributed by atoms with Gasteiger partial charge in [-0.1, -0.05) is 18.2 Å². The Morgan fingerprint density at radius 1 is 0.968 bits per heavy atom. The van der Waals surface area contributed by atoms with Gasteiger partial charge in [0.05, 0.1) is 33.9 Å². The van der Waals surface area contributed by atoms with E-state index in [0.717, 1.165) is 23.8 Å². The fraction of sp³-hybridized carbons (Fsp3) is 0.435. The fourth-order valence-electron chi connectivity index (χ4n) is 3.13. The third-order valence-electron chi connectivity index (χ3n) is 4.78. The summed E-state index contributed by atoms with van der Waals surface area (Å²) in [7, 11) is 9.09. The van der Waals surface area contributed by atoms with Gasteiger partial charge in [0, 0.05) is 13.1 Å². The lowest BCUT2D eigenvalue weighted by atomic mass is 10.1. The standard InChI is InChI=1S/C23H34N4O3.HI/c1-7-24-23(25-15-17-11-12-21(29-5)22(13-17)30-6)26-16-20(27(2)3)18-9-8-10-19(14-18)28-4;/h8-14,20H,7,15-16H2,1-6H3,(H2,24,25,26);1H. The van der Waals surface area contributed by atoms with Crippen LogP contribution in [0.2, 0.25) is 0 Å². The van der Waals surface area contributed by atoms with Crippen molar-refractivity contribution in [2.45, 2.75) is 19.5 Å². The second kappa shape index (κ2) is 14.0. The van der Waals surface area contributed by atoms with E-state index in [1.807, 2.05) is 30.3 Å². The normalized spacial score (nSPS) is 12.0. The zero-order valence-electron chi connectivity index (χ0n) is 19.3. The van der Waals surface area contributed by atoms with Gasteiger partial charge in [-0.05, 0) is 56.4 Å². The maximum absolute atomic E-state index is 5.38. The van der Waals surface area contributed by atoms with Gasteiger partial charge in [0.15, 0.2) is 17.5 Å². The second-order valence-corrected chi connectivity index (χ2v) is 7.02. The minimum absolute atomic E-state index is 0. The van der Waals surface area contributed by atoms with Crippen LogP contribution in [0, 0.1) is 0 Å². The first-order valence-electron chi connectivity index (χ1n) is 10.1. The molecule has 0 aromatic heterocycles. The highest BCUT2D eigenvalue weighted by Gasteiger charge is 2.15. The number of nitrogens with one attached hydrogen (secondary N) is 2. The molecule has 2 aromatic carbocycles. The Labute approximate surface area is 203 Å². The number of halogens is 1. The Balaban J connectivity index is 0.00000480. The van der Waals surface area contributed by atoms with Crippen molar-refractivity contribution in [3.63, 3.8) is 0 Å². The van der Waals surface area contributed by atoms with Crippen molar-refractivity contribution in [3.05, 3.63) is 53.6 Å². The summed E-state index contributed by atoms with van der Waals surface area (Å²) in [6.45, 7) is 4.07. The van der Waals surface area contributed by atoms with E-state index in [1.165, 1.54) is 5.56 Å². The molecule has 0 aliphatic carbocycles. The zero-order valence-corrected chi connectivity index (χ0v) is 21.6. The summed E-state index contributed by atoms with van der Waals surface area (Å²) in [5, 5.41) is 6.77. The highest BCUT2D eigenvalue weighted by molar-refractivity contribution is 14.0. The molecule has 172 valence electrons. The van der Waals surface area contributed by atoms with E-state index in [-0.39, 0.29) is 30.0 Å². The van der Waals surface area contributed by atoms with Crippen LogP contribution in [-0.2, 0) is 6.54 Å². The first-order chi connectivity index (χ1) is 14.5. The number of nitrogens with zero attached hydrogens (tertiary/aromatic N) is 2. The molecule has 0 amide bonds. The van der Waals surface area contributed by atoms with Gasteiger partial charge in [-0.3, -0.25) is 0 Å². The van der Waals surface area contributed by atoms with Crippen molar-refractivity contribution in [1.29, 1.82) is 0 Å². The van der Waals surface area contributed by atoms with Gasteiger partial charge in [0.2, 0.25) is 0 Å². The fourth-order valence-corrected chi connectivity index (χ4v) is 3.13. The van der Waals surface area contributed by atoms with Crippen LogP contribution in [-0.4, -0.2) is 59.4 Å². The molecule has 0 aliphatic rings. The number of guanidine groups is 1. The molecular formula is C23H35IN4O3. The minimum Gasteiger partial charge on any atom is -0.497 e. The molecule has 0 fully saturated rings. The van der Waals surface area contributed by atoms with Gasteiger partial charge in [0.1, 0.15) is 5.75 Å². The molecule has 2 rings (SSSR count). The molecule has 0 saturated carbocycles. The van der Waals surface area contributed by atoms with Crippen LogP contribution in [0.3, 0.4) is 0 Å². The van der Waals surface area contributed by atoms with Crippen molar-refractivity contribution >= 4 is 29.9 Å². The predicted octanol–water partition coefficient (Wildman–Crippen LogP) is 3.69. The van der Waals surface area contributed by atoms with Crippen LogP contribution in [0.25, 0.3) is 0 Å². The van der Waals surface area contributed by atoms with E-state index in [2.05, 4.69) is 48.7 Å². The number of rotatable bonds is 10. The molecule has 0 bridgehead atoms. The highest BCUT2D eigenvalue weighted by atomic mass is 127. The van der Waals surface area contributed by atoms with Crippen molar-refractivity contribution < 1.29 is 14.2 Å². The number of hydrogen-bond acceptors (Lipinski definition) is 5. The molecule has 1 atom stereocenters. The third kappa shape index (κ3) is 8.10. The molecular weight excluding hydrogens is 507 g/mol. The zero-order chi connectivity index (χ0) is 21.9. The topological polar surface area (TPSA) is 67.4 Å². The Morgan fingerprint density at radius 3 is 2.32 bits per heavy atom. The predicted molar refractivity (Wildman–Crippen MR) is 137 cm³/mol. The van der Waals surface area contributed by atoms with Crippen molar-refractivity contribution in [3.8, 4) is 17.2 Å². The Kier molecular flexibility index (Phi) is 12.1. The first kappa shape index (κ1) is 26.8. The highest BCUT2D eigenvalue weighted by Crippen LogP contribution is 2.27. The molecule has 2 aromatic rings. The van der Waals surface area contributed by atoms with Crippen LogP contribution in [0.15, 0.2) is 47.5 Å². The molecule has 1 unspecified atom stereocenters. The van der Waals surface area contributed by atoms with Gasteiger partial charge < -0.3 is 29.7 Å². The summed E-state index contributed by atoms with van der Waals surface area (Å²) >= 11 is 0. The van der Waals surface area contributed by atoms with E-state index >= 15 is 0 Å². The number of benzene rings is 2. The largest absolute Gasteiger partial charge is 0.497 e. The summed E-state index contributed by atoms with van der Waals surface area (Å²) in [5.41, 5.74) is 2.23. The summed E-state index contributed by atoms with van der Waals surface area (Å²) < 4.78 is 16.1. The van der Waals surface area contributed by atoms with Crippen molar-refractivity contribution in [2.24, 2.45) is 4.99 Å². The number of aliphatic imine (C=N–C) groups is 1. The Bertz CT molecular complexity index is 830. The van der Waals surface area contributed by atoms with Gasteiger partial charge >= 0.3 is 0 Å². The van der Waals surface area contributed by atoms with E-state index in [1.54, 1.807) is 21.3 Å². The number of likely N-dealkylation sites (N-methyl/N-ethyl adjacent to an activating group) is 1. The van der Waals surface area contributed by atoms with Crippen LogP contribution < -0.4 is 24.8 Å². The smallest absolute Gasteiger partial charge is 0.191 e. The second-order valence-electron chi connectivity index (χ2n) is 7.02.